The van der Waals surface area contributed by atoms with Crippen molar-refractivity contribution >= 4 is 25.2 Å². The Labute approximate surface area is 290 Å². The highest BCUT2D eigenvalue weighted by atomic mass is 31.2. The van der Waals surface area contributed by atoms with Crippen LogP contribution in [0.15, 0.2) is 30.3 Å². The van der Waals surface area contributed by atoms with E-state index in [0.717, 1.165) is 19.3 Å². The fourth-order valence-electron chi connectivity index (χ4n) is 6.52. The van der Waals surface area contributed by atoms with Gasteiger partial charge in [0.1, 0.15) is 11.7 Å². The van der Waals surface area contributed by atoms with Gasteiger partial charge in [0.2, 0.25) is 0 Å². The Morgan fingerprint density at radius 2 is 1.32 bits per heavy atom. The summed E-state index contributed by atoms with van der Waals surface area (Å²) in [5.74, 6) is 0.580. The second-order valence-electron chi connectivity index (χ2n) is 17.5. The molecule has 10 heteroatoms. The van der Waals surface area contributed by atoms with E-state index in [-0.39, 0.29) is 46.5 Å². The van der Waals surface area contributed by atoms with Gasteiger partial charge in [0, 0.05) is 5.92 Å². The lowest BCUT2D eigenvalue weighted by Gasteiger charge is -2.41. The van der Waals surface area contributed by atoms with Crippen molar-refractivity contribution in [3.05, 3.63) is 35.9 Å². The fraction of sp³-hybridized carbons (Fsp3) is 0.838. The third kappa shape index (κ3) is 9.38. The van der Waals surface area contributed by atoms with Crippen LogP contribution in [0.3, 0.4) is 0 Å². The monoisotopic (exact) mass is 710 g/mol. The summed E-state index contributed by atoms with van der Waals surface area (Å²) in [6.45, 7) is 31.0. The van der Waals surface area contributed by atoms with E-state index in [4.69, 9.17) is 31.9 Å². The Morgan fingerprint density at radius 1 is 0.787 bits per heavy atom. The molecule has 1 aromatic carbocycles. The normalized spacial score (nSPS) is 30.1. The number of hydrogen-bond donors (Lipinski definition) is 0. The first-order chi connectivity index (χ1) is 21.8. The molecule has 7 nitrogen and oxygen atoms in total. The highest BCUT2D eigenvalue weighted by molar-refractivity contribution is 7.41. The van der Waals surface area contributed by atoms with Crippen LogP contribution < -0.4 is 0 Å². The zero-order chi connectivity index (χ0) is 34.8. The number of ether oxygens (including phenoxy) is 2. The molecule has 3 aliphatic rings. The molecule has 8 atom stereocenters. The van der Waals surface area contributed by atoms with Gasteiger partial charge in [0.05, 0.1) is 44.2 Å². The van der Waals surface area contributed by atoms with Gasteiger partial charge in [-0.3, -0.25) is 0 Å². The predicted molar refractivity (Wildman–Crippen MR) is 198 cm³/mol. The summed E-state index contributed by atoms with van der Waals surface area (Å²) in [5, 5.41) is 0.217. The Morgan fingerprint density at radius 3 is 1.87 bits per heavy atom. The molecule has 2 saturated heterocycles. The molecule has 0 radical (unpaired) electrons. The van der Waals surface area contributed by atoms with Crippen LogP contribution >= 0.6 is 8.60 Å². The SMILES string of the molecule is CC[C@H]1OC[C@@H](O[Si](C)(C)C(C)(C)C)C1O[P@@](OC[C@H]1OC[C@@H](O[Si](C)(C)C(C)(C)C)C1C)O[C@](C)(c1ccccc1)C1CCCC1. The molecule has 2 heterocycles. The van der Waals surface area contributed by atoms with Crippen LogP contribution in [-0.4, -0.2) is 67.0 Å². The highest BCUT2D eigenvalue weighted by Crippen LogP contribution is 2.55. The first-order valence-electron chi connectivity index (χ1n) is 18.2. The van der Waals surface area contributed by atoms with E-state index in [2.05, 4.69) is 119 Å². The van der Waals surface area contributed by atoms with Gasteiger partial charge in [-0.05, 0) is 73.9 Å². The smallest absolute Gasteiger partial charge is 0.334 e. The maximum atomic E-state index is 7.20. The molecular weight excluding hydrogens is 644 g/mol. The lowest BCUT2D eigenvalue weighted by molar-refractivity contribution is -0.0396. The fourth-order valence-corrected chi connectivity index (χ4v) is 10.7. The second-order valence-corrected chi connectivity index (χ2v) is 28.1. The van der Waals surface area contributed by atoms with Crippen molar-refractivity contribution in [3.8, 4) is 0 Å². The summed E-state index contributed by atoms with van der Waals surface area (Å²) in [7, 11) is -5.80. The number of hydrogen-bond acceptors (Lipinski definition) is 7. The first-order valence-corrected chi connectivity index (χ1v) is 25.1. The van der Waals surface area contributed by atoms with Gasteiger partial charge < -0.3 is 31.9 Å². The lowest BCUT2D eigenvalue weighted by atomic mass is 9.82. The van der Waals surface area contributed by atoms with Gasteiger partial charge in [0.25, 0.3) is 0 Å². The standard InChI is InChI=1S/C37H67O7PSi2/c1-14-30-34(33(25-38-30)43-47(12,13)36(6,7)8)41-45(44-37(9,29-22-18-19-23-29)28-20-16-15-17-21-28)40-26-31-27(2)32(24-39-31)42-46(10,11)35(3,4)5/h15-17,20-21,27,29-34H,14,18-19,22-26H2,1-13H3/t27?,30-,31-,32-,33-,34?,37-,45-/m1/s1. The second kappa shape index (κ2) is 15.6. The topological polar surface area (TPSA) is 64.6 Å². The number of benzene rings is 1. The van der Waals surface area contributed by atoms with E-state index < -0.39 is 30.8 Å². The molecule has 47 heavy (non-hydrogen) atoms. The molecular formula is C37H67O7PSi2. The highest BCUT2D eigenvalue weighted by Gasteiger charge is 2.50. The van der Waals surface area contributed by atoms with Crippen LogP contribution in [0.25, 0.3) is 0 Å². The van der Waals surface area contributed by atoms with Crippen molar-refractivity contribution in [2.24, 2.45) is 11.8 Å². The molecule has 270 valence electrons. The van der Waals surface area contributed by atoms with Crippen molar-refractivity contribution in [2.45, 2.75) is 167 Å². The zero-order valence-electron chi connectivity index (χ0n) is 31.9. The van der Waals surface area contributed by atoms with E-state index in [1.807, 2.05) is 0 Å². The predicted octanol–water partition coefficient (Wildman–Crippen LogP) is 10.4. The maximum absolute atomic E-state index is 7.20. The van der Waals surface area contributed by atoms with Gasteiger partial charge in [-0.25, -0.2) is 0 Å². The van der Waals surface area contributed by atoms with E-state index >= 15 is 0 Å². The Kier molecular flexibility index (Phi) is 13.1. The zero-order valence-corrected chi connectivity index (χ0v) is 34.8. The van der Waals surface area contributed by atoms with Gasteiger partial charge >= 0.3 is 8.60 Å². The summed E-state index contributed by atoms with van der Waals surface area (Å²) in [4.78, 5) is 0. The lowest BCUT2D eigenvalue weighted by Crippen LogP contribution is -2.48. The minimum Gasteiger partial charge on any atom is -0.411 e. The molecule has 0 amide bonds. The first kappa shape index (κ1) is 39.6. The van der Waals surface area contributed by atoms with Crippen LogP contribution in [0, 0.1) is 11.8 Å². The van der Waals surface area contributed by atoms with Gasteiger partial charge in [-0.1, -0.05) is 98.6 Å². The van der Waals surface area contributed by atoms with Crippen LogP contribution in [-0.2, 0) is 37.5 Å². The Hall–Kier alpha value is -0.196. The van der Waals surface area contributed by atoms with Crippen molar-refractivity contribution in [3.63, 3.8) is 0 Å². The van der Waals surface area contributed by atoms with E-state index in [1.165, 1.54) is 18.4 Å². The van der Waals surface area contributed by atoms with Crippen molar-refractivity contribution < 1.29 is 31.9 Å². The van der Waals surface area contributed by atoms with Crippen molar-refractivity contribution in [1.82, 2.24) is 0 Å². The molecule has 4 rings (SSSR count). The number of rotatable bonds is 14. The van der Waals surface area contributed by atoms with Gasteiger partial charge in [-0.15, -0.1) is 0 Å². The van der Waals surface area contributed by atoms with Gasteiger partial charge in [0.15, 0.2) is 16.6 Å². The maximum Gasteiger partial charge on any atom is 0.334 e. The van der Waals surface area contributed by atoms with Crippen LogP contribution in [0.4, 0.5) is 0 Å². The largest absolute Gasteiger partial charge is 0.411 e. The molecule has 3 fully saturated rings. The van der Waals surface area contributed by atoms with Crippen molar-refractivity contribution in [1.29, 1.82) is 0 Å². The van der Waals surface area contributed by atoms with Crippen LogP contribution in [0.2, 0.25) is 36.3 Å². The molecule has 1 aliphatic carbocycles. The molecule has 2 unspecified atom stereocenters. The van der Waals surface area contributed by atoms with E-state index in [1.54, 1.807) is 0 Å². The molecule has 0 N–H and O–H groups in total. The molecule has 0 spiro atoms. The molecule has 1 aromatic rings. The van der Waals surface area contributed by atoms with E-state index in [0.29, 0.717) is 25.7 Å². The third-order valence-electron chi connectivity index (χ3n) is 12.1. The average molecular weight is 711 g/mol. The summed E-state index contributed by atoms with van der Waals surface area (Å²) in [5.41, 5.74) is 0.625. The summed E-state index contributed by atoms with van der Waals surface area (Å²) in [6, 6.07) is 10.7. The van der Waals surface area contributed by atoms with Crippen LogP contribution in [0.5, 0.6) is 0 Å². The Balaban J connectivity index is 1.58. The molecule has 0 aromatic heterocycles. The summed E-state index contributed by atoms with van der Waals surface area (Å²) < 4.78 is 47.4. The Bertz CT molecular complexity index is 1120. The molecule has 0 bridgehead atoms. The van der Waals surface area contributed by atoms with Gasteiger partial charge in [-0.2, -0.15) is 0 Å². The average Bonchev–Trinajstić information content (AvgIpc) is 3.73. The summed E-state index contributed by atoms with van der Waals surface area (Å²) in [6.07, 6.45) is 4.96. The van der Waals surface area contributed by atoms with Crippen molar-refractivity contribution in [2.75, 3.05) is 19.8 Å². The summed E-state index contributed by atoms with van der Waals surface area (Å²) >= 11 is 0. The molecule has 2 aliphatic heterocycles. The van der Waals surface area contributed by atoms with Crippen LogP contribution in [0.1, 0.15) is 100.0 Å². The molecule has 1 saturated carbocycles. The quantitative estimate of drug-likeness (QED) is 0.141. The minimum absolute atomic E-state index is 0.0562. The minimum atomic E-state index is -2.08. The third-order valence-corrected chi connectivity index (χ3v) is 22.4. The van der Waals surface area contributed by atoms with E-state index in [9.17, 15) is 0 Å².